The quantitative estimate of drug-likeness (QED) is 0.229. The number of aliphatic carboxylic acids is 1. The molecular weight excluding hydrogens is 422 g/mol. The number of aromatic amines is 2. The first-order chi connectivity index (χ1) is 15.9. The Kier molecular flexibility index (Phi) is 8.34. The highest BCUT2D eigenvalue weighted by Gasteiger charge is 2.22. The van der Waals surface area contributed by atoms with E-state index in [4.69, 9.17) is 5.73 Å². The predicted molar refractivity (Wildman–Crippen MR) is 124 cm³/mol. The molecule has 0 fully saturated rings. The number of carbonyl (C=O) groups excluding carboxylic acids is 1. The van der Waals surface area contributed by atoms with E-state index in [1.807, 2.05) is 13.8 Å². The second kappa shape index (κ2) is 11.4. The first kappa shape index (κ1) is 24.1. The van der Waals surface area contributed by atoms with Crippen LogP contribution in [0, 0.1) is 0 Å². The van der Waals surface area contributed by atoms with Crippen LogP contribution in [0.5, 0.6) is 0 Å². The van der Waals surface area contributed by atoms with Crippen molar-refractivity contribution in [2.24, 2.45) is 5.73 Å². The number of imidazole rings is 2. The third-order valence-electron chi connectivity index (χ3n) is 5.70. The molecule has 0 aliphatic heterocycles. The van der Waals surface area contributed by atoms with Gasteiger partial charge in [0.05, 0.1) is 6.04 Å². The van der Waals surface area contributed by atoms with E-state index in [-0.39, 0.29) is 18.0 Å². The van der Waals surface area contributed by atoms with Crippen LogP contribution in [0.4, 0.5) is 0 Å². The molecule has 0 bridgehead atoms. The van der Waals surface area contributed by atoms with Gasteiger partial charge in [-0.05, 0) is 44.0 Å². The van der Waals surface area contributed by atoms with Gasteiger partial charge in [0, 0.05) is 42.3 Å². The molecule has 2 heterocycles. The van der Waals surface area contributed by atoms with E-state index in [1.54, 1.807) is 49.1 Å². The number of nitrogens with zero attached hydrogens (tertiary/aromatic N) is 2. The van der Waals surface area contributed by atoms with E-state index in [1.165, 1.54) is 0 Å². The number of carbonyl (C=O) groups is 2. The molecule has 176 valence electrons. The maximum atomic E-state index is 12.6. The Hall–Kier alpha value is -3.50. The summed E-state index contributed by atoms with van der Waals surface area (Å²) in [5, 5.41) is 15.4. The number of hydrogen-bond donors (Lipinski definition) is 6. The number of H-pyrrole nitrogens is 2. The van der Waals surface area contributed by atoms with Crippen LogP contribution in [0.15, 0.2) is 49.1 Å². The number of benzene rings is 1. The Morgan fingerprint density at radius 2 is 1.70 bits per heavy atom. The minimum atomic E-state index is -1.06. The van der Waals surface area contributed by atoms with Crippen molar-refractivity contribution in [3.63, 3.8) is 0 Å². The molecule has 10 heteroatoms. The van der Waals surface area contributed by atoms with Crippen LogP contribution in [-0.2, 0) is 4.79 Å². The Morgan fingerprint density at radius 3 is 2.27 bits per heavy atom. The predicted octanol–water partition coefficient (Wildman–Crippen LogP) is 2.25. The number of aromatic nitrogens is 4. The molecular formula is C23H31N7O3. The normalized spacial score (nSPS) is 14.9. The monoisotopic (exact) mass is 453 g/mol. The van der Waals surface area contributed by atoms with Gasteiger partial charge < -0.3 is 31.4 Å². The lowest BCUT2D eigenvalue weighted by atomic mass is 9.94. The van der Waals surface area contributed by atoms with Gasteiger partial charge in [0.15, 0.2) is 0 Å². The van der Waals surface area contributed by atoms with Crippen LogP contribution in [0.25, 0.3) is 0 Å². The van der Waals surface area contributed by atoms with Crippen LogP contribution in [0.3, 0.4) is 0 Å². The number of amides is 1. The van der Waals surface area contributed by atoms with Gasteiger partial charge in [-0.25, -0.2) is 14.8 Å². The summed E-state index contributed by atoms with van der Waals surface area (Å²) in [7, 11) is 0. The van der Waals surface area contributed by atoms with E-state index in [2.05, 4.69) is 30.6 Å². The minimum Gasteiger partial charge on any atom is -0.480 e. The molecule has 10 nitrogen and oxygen atoms in total. The third kappa shape index (κ3) is 6.50. The summed E-state index contributed by atoms with van der Waals surface area (Å²) in [6.07, 6.45) is 7.76. The van der Waals surface area contributed by atoms with Crippen molar-refractivity contribution >= 4 is 11.9 Å². The smallest absolute Gasteiger partial charge is 0.326 e. The van der Waals surface area contributed by atoms with Gasteiger partial charge in [-0.15, -0.1) is 0 Å². The number of nitrogens with one attached hydrogen (secondary N) is 4. The highest BCUT2D eigenvalue weighted by molar-refractivity contribution is 5.96. The number of hydrogen-bond acceptors (Lipinski definition) is 6. The van der Waals surface area contributed by atoms with E-state index < -0.39 is 17.9 Å². The van der Waals surface area contributed by atoms with Gasteiger partial charge in [0.25, 0.3) is 5.91 Å². The van der Waals surface area contributed by atoms with Crippen molar-refractivity contribution in [3.05, 3.63) is 71.8 Å². The Balaban J connectivity index is 1.50. The summed E-state index contributed by atoms with van der Waals surface area (Å²) in [5.41, 5.74) is 7.59. The minimum absolute atomic E-state index is 0.0262. The maximum absolute atomic E-state index is 12.6. The van der Waals surface area contributed by atoms with E-state index in [9.17, 15) is 14.7 Å². The van der Waals surface area contributed by atoms with Crippen LogP contribution >= 0.6 is 0 Å². The summed E-state index contributed by atoms with van der Waals surface area (Å²) in [6.45, 7) is 4.55. The number of carboxylic acids is 1. The average molecular weight is 454 g/mol. The van der Waals surface area contributed by atoms with Crippen molar-refractivity contribution in [1.82, 2.24) is 30.6 Å². The number of nitrogens with two attached hydrogens (primary N) is 1. The highest BCUT2D eigenvalue weighted by Crippen LogP contribution is 2.26. The lowest BCUT2D eigenvalue weighted by Gasteiger charge is -2.19. The second-order valence-electron chi connectivity index (χ2n) is 8.07. The molecule has 1 aromatic carbocycles. The van der Waals surface area contributed by atoms with Gasteiger partial charge in [-0.2, -0.15) is 0 Å². The zero-order valence-corrected chi connectivity index (χ0v) is 18.8. The first-order valence-electron chi connectivity index (χ1n) is 11.0. The van der Waals surface area contributed by atoms with E-state index in [0.717, 1.165) is 17.2 Å². The van der Waals surface area contributed by atoms with Crippen molar-refractivity contribution in [2.45, 2.75) is 50.7 Å². The Bertz CT molecular complexity index is 1000. The van der Waals surface area contributed by atoms with Crippen LogP contribution in [0.1, 0.15) is 72.3 Å². The molecule has 0 radical (unpaired) electrons. The molecule has 4 atom stereocenters. The summed E-state index contributed by atoms with van der Waals surface area (Å²) in [6, 6.07) is 5.65. The Labute approximate surface area is 192 Å². The number of carboxylic acid groups (broad SMARTS) is 1. The zero-order valence-electron chi connectivity index (χ0n) is 18.8. The molecule has 2 aromatic heterocycles. The first-order valence-corrected chi connectivity index (χ1v) is 11.0. The van der Waals surface area contributed by atoms with Crippen molar-refractivity contribution in [3.8, 4) is 0 Å². The standard InChI is InChI=1S/C23H31N7O3/c1-14(20-26-10-11-27-20)19(24)16-5-7-17(8-6-16)22(31)30-18(23(32)33)4-3-9-25-15(2)21-28-12-13-29-21/h5-8,10-15,18-19,25H,3-4,9,24H2,1-2H3,(H,26,27)(H,28,29)(H,30,31)(H,32,33)/t14?,15?,18-,19?/m0/s1. The molecule has 0 spiro atoms. The summed E-state index contributed by atoms with van der Waals surface area (Å²) in [4.78, 5) is 38.8. The molecule has 3 unspecified atom stereocenters. The molecule has 0 aliphatic rings. The Morgan fingerprint density at radius 1 is 1.06 bits per heavy atom. The van der Waals surface area contributed by atoms with Gasteiger partial charge in [0.2, 0.25) is 0 Å². The van der Waals surface area contributed by atoms with Crippen molar-refractivity contribution < 1.29 is 14.7 Å². The summed E-state index contributed by atoms with van der Waals surface area (Å²) >= 11 is 0. The lowest BCUT2D eigenvalue weighted by Crippen LogP contribution is -2.41. The average Bonchev–Trinajstić information content (AvgIpc) is 3.54. The summed E-state index contributed by atoms with van der Waals surface area (Å²) in [5.74, 6) is 0.0912. The van der Waals surface area contributed by atoms with Gasteiger partial charge >= 0.3 is 5.97 Å². The van der Waals surface area contributed by atoms with Crippen LogP contribution in [0.2, 0.25) is 0 Å². The van der Waals surface area contributed by atoms with Crippen molar-refractivity contribution in [1.29, 1.82) is 0 Å². The van der Waals surface area contributed by atoms with Crippen LogP contribution in [-0.4, -0.2) is 49.5 Å². The molecule has 7 N–H and O–H groups in total. The van der Waals surface area contributed by atoms with Gasteiger partial charge in [0.1, 0.15) is 17.7 Å². The number of rotatable bonds is 12. The molecule has 3 rings (SSSR count). The van der Waals surface area contributed by atoms with Gasteiger partial charge in [-0.1, -0.05) is 19.1 Å². The maximum Gasteiger partial charge on any atom is 0.326 e. The molecule has 0 saturated carbocycles. The SMILES string of the molecule is CC(NCCC[C@H](NC(=O)c1ccc(C(N)C(C)c2ncc[nH]2)cc1)C(=O)O)c1ncc[nH]1. The van der Waals surface area contributed by atoms with E-state index >= 15 is 0 Å². The summed E-state index contributed by atoms with van der Waals surface area (Å²) < 4.78 is 0. The third-order valence-corrected chi connectivity index (χ3v) is 5.70. The second-order valence-corrected chi connectivity index (χ2v) is 8.07. The fourth-order valence-electron chi connectivity index (χ4n) is 3.58. The largest absolute Gasteiger partial charge is 0.480 e. The molecule has 0 aliphatic carbocycles. The topological polar surface area (TPSA) is 162 Å². The molecule has 33 heavy (non-hydrogen) atoms. The molecule has 1 amide bonds. The zero-order chi connectivity index (χ0) is 23.8. The fourth-order valence-corrected chi connectivity index (χ4v) is 3.58. The molecule has 0 saturated heterocycles. The highest BCUT2D eigenvalue weighted by atomic mass is 16.4. The van der Waals surface area contributed by atoms with E-state index in [0.29, 0.717) is 24.9 Å². The lowest BCUT2D eigenvalue weighted by molar-refractivity contribution is -0.139. The fraction of sp³-hybridized carbons (Fsp3) is 0.391. The van der Waals surface area contributed by atoms with Crippen molar-refractivity contribution in [2.75, 3.05) is 6.54 Å². The molecule has 3 aromatic rings. The van der Waals surface area contributed by atoms with Crippen LogP contribution < -0.4 is 16.4 Å². The van der Waals surface area contributed by atoms with Gasteiger partial charge in [-0.3, -0.25) is 4.79 Å².